The lowest BCUT2D eigenvalue weighted by molar-refractivity contribution is -0.117. The minimum atomic E-state index is -0.427. The Balaban J connectivity index is 1.72. The van der Waals surface area contributed by atoms with E-state index >= 15 is 0 Å². The first-order valence-electron chi connectivity index (χ1n) is 8.69. The van der Waals surface area contributed by atoms with Gasteiger partial charge in [0.2, 0.25) is 5.91 Å². The van der Waals surface area contributed by atoms with Crippen LogP contribution in [-0.4, -0.2) is 25.5 Å². The van der Waals surface area contributed by atoms with Gasteiger partial charge in [-0.05, 0) is 43.3 Å². The number of carbonyl (C=O) groups excluding carboxylic acids is 1. The van der Waals surface area contributed by atoms with E-state index in [0.29, 0.717) is 38.0 Å². The van der Waals surface area contributed by atoms with Crippen molar-refractivity contribution in [2.75, 3.05) is 5.32 Å². The van der Waals surface area contributed by atoms with Gasteiger partial charge in [-0.3, -0.25) is 9.59 Å². The molecular formula is C20H15Cl2N5O2. The third-order valence-corrected chi connectivity index (χ3v) is 4.79. The number of carbonyl (C=O) groups is 1. The number of nitrogens with one attached hydrogen (secondary N) is 1. The summed E-state index contributed by atoms with van der Waals surface area (Å²) in [6.45, 7) is 1.51. The number of nitrogens with zero attached hydrogens (tertiary/aromatic N) is 4. The number of hydrogen-bond acceptors (Lipinski definition) is 4. The number of fused-ring (bicyclic) bond motifs is 1. The second-order valence-electron chi connectivity index (χ2n) is 6.41. The molecule has 0 radical (unpaired) electrons. The SMILES string of the molecule is Cc1nn(CC(=O)Nc2cccc(Cl)c2)c(=O)c2c1cnn2-c1cccc(Cl)c1. The highest BCUT2D eigenvalue weighted by molar-refractivity contribution is 6.31. The van der Waals surface area contributed by atoms with Gasteiger partial charge in [-0.15, -0.1) is 0 Å². The maximum atomic E-state index is 13.1. The van der Waals surface area contributed by atoms with Crippen LogP contribution in [0.15, 0.2) is 59.5 Å². The van der Waals surface area contributed by atoms with Gasteiger partial charge >= 0.3 is 0 Å². The van der Waals surface area contributed by atoms with E-state index in [4.69, 9.17) is 23.2 Å². The van der Waals surface area contributed by atoms with Gasteiger partial charge in [0, 0.05) is 21.1 Å². The van der Waals surface area contributed by atoms with Crippen molar-refractivity contribution in [1.29, 1.82) is 0 Å². The third kappa shape index (κ3) is 3.87. The van der Waals surface area contributed by atoms with Crippen molar-refractivity contribution in [3.8, 4) is 5.69 Å². The maximum Gasteiger partial charge on any atom is 0.293 e. The average molecular weight is 428 g/mol. The molecule has 0 spiro atoms. The normalized spacial score (nSPS) is 11.0. The topological polar surface area (TPSA) is 81.8 Å². The molecule has 9 heteroatoms. The Bertz CT molecular complexity index is 1300. The van der Waals surface area contributed by atoms with Crippen LogP contribution in [0.5, 0.6) is 0 Å². The minimum Gasteiger partial charge on any atom is -0.324 e. The molecular weight excluding hydrogens is 413 g/mol. The van der Waals surface area contributed by atoms with Crippen molar-refractivity contribution in [3.63, 3.8) is 0 Å². The van der Waals surface area contributed by atoms with E-state index in [2.05, 4.69) is 15.5 Å². The predicted molar refractivity (Wildman–Crippen MR) is 113 cm³/mol. The number of aryl methyl sites for hydroxylation is 1. The number of anilines is 1. The second kappa shape index (κ2) is 7.69. The van der Waals surface area contributed by atoms with Gasteiger partial charge in [0.25, 0.3) is 5.56 Å². The van der Waals surface area contributed by atoms with Crippen LogP contribution in [0.2, 0.25) is 10.0 Å². The van der Waals surface area contributed by atoms with Gasteiger partial charge in [0.1, 0.15) is 12.1 Å². The molecule has 0 saturated carbocycles. The summed E-state index contributed by atoms with van der Waals surface area (Å²) in [4.78, 5) is 25.5. The summed E-state index contributed by atoms with van der Waals surface area (Å²) >= 11 is 12.0. The highest BCUT2D eigenvalue weighted by atomic mass is 35.5. The van der Waals surface area contributed by atoms with Crippen LogP contribution in [0.1, 0.15) is 5.69 Å². The first-order chi connectivity index (χ1) is 13.9. The molecule has 4 rings (SSSR count). The van der Waals surface area contributed by atoms with E-state index in [9.17, 15) is 9.59 Å². The lowest BCUT2D eigenvalue weighted by Gasteiger charge is -2.09. The first kappa shape index (κ1) is 19.2. The molecule has 1 N–H and O–H groups in total. The molecule has 146 valence electrons. The van der Waals surface area contributed by atoms with Crippen LogP contribution in [-0.2, 0) is 11.3 Å². The molecule has 7 nitrogen and oxygen atoms in total. The van der Waals surface area contributed by atoms with E-state index in [0.717, 1.165) is 4.68 Å². The lowest BCUT2D eigenvalue weighted by atomic mass is 10.2. The highest BCUT2D eigenvalue weighted by Gasteiger charge is 2.17. The molecule has 0 aliphatic carbocycles. The Morgan fingerprint density at radius 3 is 2.55 bits per heavy atom. The van der Waals surface area contributed by atoms with Gasteiger partial charge in [0.05, 0.1) is 17.6 Å². The molecule has 2 aromatic heterocycles. The number of benzene rings is 2. The van der Waals surface area contributed by atoms with Crippen LogP contribution >= 0.6 is 23.2 Å². The third-order valence-electron chi connectivity index (χ3n) is 4.32. The number of rotatable bonds is 4. The molecule has 29 heavy (non-hydrogen) atoms. The molecule has 0 atom stereocenters. The predicted octanol–water partition coefficient (Wildman–Crippen LogP) is 3.84. The van der Waals surface area contributed by atoms with Gasteiger partial charge < -0.3 is 5.32 Å². The summed E-state index contributed by atoms with van der Waals surface area (Å²) in [5, 5.41) is 12.9. The van der Waals surface area contributed by atoms with Gasteiger partial charge in [0.15, 0.2) is 0 Å². The van der Waals surface area contributed by atoms with E-state index < -0.39 is 11.5 Å². The molecule has 0 saturated heterocycles. The van der Waals surface area contributed by atoms with Crippen molar-refractivity contribution in [1.82, 2.24) is 19.6 Å². The Labute approximate surface area is 175 Å². The monoisotopic (exact) mass is 427 g/mol. The van der Waals surface area contributed by atoms with Crippen molar-refractivity contribution in [3.05, 3.63) is 80.8 Å². The Kier molecular flexibility index (Phi) is 5.08. The Hall–Kier alpha value is -3.16. The summed E-state index contributed by atoms with van der Waals surface area (Å²) in [5.41, 5.74) is 1.67. The van der Waals surface area contributed by atoms with Crippen LogP contribution in [0, 0.1) is 6.92 Å². The zero-order valence-electron chi connectivity index (χ0n) is 15.3. The summed E-state index contributed by atoms with van der Waals surface area (Å²) in [5.74, 6) is -0.394. The number of hydrogen-bond donors (Lipinski definition) is 1. The van der Waals surface area contributed by atoms with Crippen molar-refractivity contribution in [2.45, 2.75) is 13.5 Å². The van der Waals surface area contributed by atoms with Crippen molar-refractivity contribution < 1.29 is 4.79 Å². The van der Waals surface area contributed by atoms with Crippen molar-refractivity contribution >= 4 is 45.7 Å². The fourth-order valence-electron chi connectivity index (χ4n) is 3.04. The number of amides is 1. The second-order valence-corrected chi connectivity index (χ2v) is 7.28. The number of halogens is 2. The largest absolute Gasteiger partial charge is 0.324 e. The standard InChI is InChI=1S/C20H15Cl2N5O2/c1-12-17-10-23-27(16-7-3-5-14(22)9-16)19(17)20(29)26(25-12)11-18(28)24-15-6-2-4-13(21)8-15/h2-10H,11H2,1H3,(H,24,28). The molecule has 0 aliphatic heterocycles. The van der Waals surface area contributed by atoms with Gasteiger partial charge in [-0.25, -0.2) is 9.36 Å². The zero-order chi connectivity index (χ0) is 20.5. The van der Waals surface area contributed by atoms with Crippen LogP contribution in [0.3, 0.4) is 0 Å². The summed E-state index contributed by atoms with van der Waals surface area (Å²) < 4.78 is 2.63. The Morgan fingerprint density at radius 1 is 1.10 bits per heavy atom. The smallest absolute Gasteiger partial charge is 0.293 e. The van der Waals surface area contributed by atoms with E-state index in [-0.39, 0.29) is 6.54 Å². The lowest BCUT2D eigenvalue weighted by Crippen LogP contribution is -2.31. The molecule has 0 bridgehead atoms. The van der Waals surface area contributed by atoms with Gasteiger partial charge in [-0.2, -0.15) is 10.2 Å². The van der Waals surface area contributed by atoms with Crippen LogP contribution in [0.25, 0.3) is 16.6 Å². The van der Waals surface area contributed by atoms with Crippen LogP contribution in [0.4, 0.5) is 5.69 Å². The molecule has 0 unspecified atom stereocenters. The molecule has 2 heterocycles. The summed E-state index contributed by atoms with van der Waals surface area (Å²) in [6, 6.07) is 13.8. The average Bonchev–Trinajstić information content (AvgIpc) is 3.12. The first-order valence-corrected chi connectivity index (χ1v) is 9.45. The number of aromatic nitrogens is 4. The minimum absolute atomic E-state index is 0.247. The van der Waals surface area contributed by atoms with E-state index in [1.165, 1.54) is 4.68 Å². The maximum absolute atomic E-state index is 13.1. The zero-order valence-corrected chi connectivity index (χ0v) is 16.8. The summed E-state index contributed by atoms with van der Waals surface area (Å²) in [7, 11) is 0. The molecule has 1 amide bonds. The van der Waals surface area contributed by atoms with Gasteiger partial charge in [-0.1, -0.05) is 35.3 Å². The van der Waals surface area contributed by atoms with E-state index in [1.807, 2.05) is 0 Å². The molecule has 2 aromatic carbocycles. The molecule has 0 aliphatic rings. The molecule has 0 fully saturated rings. The van der Waals surface area contributed by atoms with Crippen molar-refractivity contribution in [2.24, 2.45) is 0 Å². The molecule has 4 aromatic rings. The van der Waals surface area contributed by atoms with Crippen LogP contribution < -0.4 is 10.9 Å². The quantitative estimate of drug-likeness (QED) is 0.536. The summed E-state index contributed by atoms with van der Waals surface area (Å²) in [6.07, 6.45) is 1.58. The van der Waals surface area contributed by atoms with E-state index in [1.54, 1.807) is 61.7 Å². The Morgan fingerprint density at radius 2 is 1.83 bits per heavy atom. The highest BCUT2D eigenvalue weighted by Crippen LogP contribution is 2.20. The fourth-order valence-corrected chi connectivity index (χ4v) is 3.41. The fraction of sp³-hybridized carbons (Fsp3) is 0.100.